The van der Waals surface area contributed by atoms with E-state index in [4.69, 9.17) is 5.11 Å². The van der Waals surface area contributed by atoms with Gasteiger partial charge in [0.25, 0.3) is 5.91 Å². The van der Waals surface area contributed by atoms with Crippen molar-refractivity contribution in [1.29, 1.82) is 0 Å². The lowest BCUT2D eigenvalue weighted by Crippen LogP contribution is -2.40. The zero-order valence-electron chi connectivity index (χ0n) is 13.2. The quantitative estimate of drug-likeness (QED) is 0.686. The molecule has 1 fully saturated rings. The van der Waals surface area contributed by atoms with Crippen LogP contribution in [0.15, 0.2) is 24.3 Å². The highest BCUT2D eigenvalue weighted by Gasteiger charge is 2.29. The first kappa shape index (κ1) is 17.0. The molecular weight excluding hydrogens is 296 g/mol. The number of amides is 2. The Labute approximate surface area is 135 Å². The van der Waals surface area contributed by atoms with Gasteiger partial charge in [-0.1, -0.05) is 19.8 Å². The van der Waals surface area contributed by atoms with E-state index in [1.165, 1.54) is 0 Å². The van der Waals surface area contributed by atoms with E-state index >= 15 is 0 Å². The maximum atomic E-state index is 12.1. The van der Waals surface area contributed by atoms with Crippen LogP contribution < -0.4 is 10.6 Å². The standard InChI is InChI=1S/C17H22N2O4/c1-2-3-4-14(17(22)23)19-16(21)12-7-9-13(10-8-12)18-15(20)11-5-6-11/h7-11,14H,2-6H2,1H3,(H,18,20)(H,19,21)(H,22,23). The first-order valence-corrected chi connectivity index (χ1v) is 7.96. The maximum absolute atomic E-state index is 12.1. The Morgan fingerprint density at radius 1 is 1.22 bits per heavy atom. The van der Waals surface area contributed by atoms with Crippen molar-refractivity contribution in [2.75, 3.05) is 5.32 Å². The molecule has 0 bridgehead atoms. The van der Waals surface area contributed by atoms with Crippen molar-refractivity contribution in [2.45, 2.75) is 45.1 Å². The second-order valence-corrected chi connectivity index (χ2v) is 5.85. The number of nitrogens with one attached hydrogen (secondary N) is 2. The van der Waals surface area contributed by atoms with Crippen LogP contribution in [0.2, 0.25) is 0 Å². The third kappa shape index (κ3) is 5.09. The van der Waals surface area contributed by atoms with Gasteiger partial charge in [0.05, 0.1) is 0 Å². The Bertz CT molecular complexity index is 579. The minimum Gasteiger partial charge on any atom is -0.480 e. The minimum atomic E-state index is -1.03. The number of hydrogen-bond acceptors (Lipinski definition) is 3. The summed E-state index contributed by atoms with van der Waals surface area (Å²) in [6, 6.07) is 5.58. The van der Waals surface area contributed by atoms with Gasteiger partial charge in [-0.3, -0.25) is 9.59 Å². The molecule has 1 aliphatic carbocycles. The smallest absolute Gasteiger partial charge is 0.326 e. The Morgan fingerprint density at radius 3 is 2.39 bits per heavy atom. The average molecular weight is 318 g/mol. The summed E-state index contributed by atoms with van der Waals surface area (Å²) in [6.45, 7) is 1.97. The maximum Gasteiger partial charge on any atom is 0.326 e. The lowest BCUT2D eigenvalue weighted by Gasteiger charge is -2.14. The van der Waals surface area contributed by atoms with Gasteiger partial charge < -0.3 is 15.7 Å². The van der Waals surface area contributed by atoms with E-state index in [-0.39, 0.29) is 11.8 Å². The van der Waals surface area contributed by atoms with Crippen LogP contribution in [0.4, 0.5) is 5.69 Å². The number of carbonyl (C=O) groups excluding carboxylic acids is 2. The van der Waals surface area contributed by atoms with Gasteiger partial charge in [-0.25, -0.2) is 4.79 Å². The van der Waals surface area contributed by atoms with Gasteiger partial charge >= 0.3 is 5.97 Å². The van der Waals surface area contributed by atoms with Crippen molar-refractivity contribution in [3.63, 3.8) is 0 Å². The van der Waals surface area contributed by atoms with Crippen LogP contribution in [-0.4, -0.2) is 28.9 Å². The zero-order valence-corrected chi connectivity index (χ0v) is 13.2. The first-order chi connectivity index (χ1) is 11.0. The van der Waals surface area contributed by atoms with Gasteiger partial charge in [-0.15, -0.1) is 0 Å². The lowest BCUT2D eigenvalue weighted by molar-refractivity contribution is -0.139. The van der Waals surface area contributed by atoms with Crippen LogP contribution in [-0.2, 0) is 9.59 Å². The fourth-order valence-corrected chi connectivity index (χ4v) is 2.20. The van der Waals surface area contributed by atoms with Crippen molar-refractivity contribution in [2.24, 2.45) is 5.92 Å². The van der Waals surface area contributed by atoms with Gasteiger partial charge in [-0.05, 0) is 43.5 Å². The molecule has 1 aromatic rings. The molecule has 0 radical (unpaired) electrons. The number of benzene rings is 1. The summed E-state index contributed by atoms with van der Waals surface area (Å²) in [6.07, 6.45) is 3.88. The zero-order chi connectivity index (χ0) is 16.8. The molecule has 0 aromatic heterocycles. The van der Waals surface area contributed by atoms with Crippen molar-refractivity contribution < 1.29 is 19.5 Å². The number of unbranched alkanes of at least 4 members (excludes halogenated alkanes) is 1. The monoisotopic (exact) mass is 318 g/mol. The number of carbonyl (C=O) groups is 3. The fraction of sp³-hybridized carbons (Fsp3) is 0.471. The molecule has 6 heteroatoms. The molecule has 0 heterocycles. The highest BCUT2D eigenvalue weighted by molar-refractivity contribution is 5.98. The van der Waals surface area contributed by atoms with Crippen LogP contribution >= 0.6 is 0 Å². The lowest BCUT2D eigenvalue weighted by atomic mass is 10.1. The summed E-state index contributed by atoms with van der Waals surface area (Å²) in [7, 11) is 0. The SMILES string of the molecule is CCCCC(NC(=O)c1ccc(NC(=O)C2CC2)cc1)C(=O)O. The van der Waals surface area contributed by atoms with Crippen LogP contribution in [0.1, 0.15) is 49.4 Å². The molecule has 1 saturated carbocycles. The molecule has 124 valence electrons. The molecule has 1 atom stereocenters. The molecule has 1 aromatic carbocycles. The summed E-state index contributed by atoms with van der Waals surface area (Å²) in [5, 5.41) is 14.5. The number of anilines is 1. The second kappa shape index (κ2) is 7.76. The third-order valence-electron chi connectivity index (χ3n) is 3.81. The van der Waals surface area contributed by atoms with E-state index in [0.717, 1.165) is 25.7 Å². The van der Waals surface area contributed by atoms with Crippen LogP contribution in [0, 0.1) is 5.92 Å². The number of carboxylic acid groups (broad SMARTS) is 1. The Hall–Kier alpha value is -2.37. The molecule has 2 rings (SSSR count). The van der Waals surface area contributed by atoms with Gasteiger partial charge in [0, 0.05) is 17.2 Å². The number of rotatable bonds is 8. The molecular formula is C17H22N2O4. The van der Waals surface area contributed by atoms with E-state index in [1.54, 1.807) is 24.3 Å². The van der Waals surface area contributed by atoms with E-state index in [9.17, 15) is 14.4 Å². The molecule has 1 unspecified atom stereocenters. The summed E-state index contributed by atoms with van der Waals surface area (Å²) >= 11 is 0. The van der Waals surface area contributed by atoms with Gasteiger partial charge in [-0.2, -0.15) is 0 Å². The number of carboxylic acids is 1. The van der Waals surface area contributed by atoms with Crippen molar-refractivity contribution in [3.8, 4) is 0 Å². The molecule has 1 aliphatic rings. The highest BCUT2D eigenvalue weighted by atomic mass is 16.4. The largest absolute Gasteiger partial charge is 0.480 e. The summed E-state index contributed by atoms with van der Waals surface area (Å²) in [5.74, 6) is -1.32. The Kier molecular flexibility index (Phi) is 5.73. The minimum absolute atomic E-state index is 0.00714. The fourth-order valence-electron chi connectivity index (χ4n) is 2.20. The van der Waals surface area contributed by atoms with Crippen LogP contribution in [0.25, 0.3) is 0 Å². The Balaban J connectivity index is 1.93. The summed E-state index contributed by atoms with van der Waals surface area (Å²) in [5.41, 5.74) is 1.01. The molecule has 0 saturated heterocycles. The predicted octanol–water partition coefficient (Wildman–Crippen LogP) is 2.41. The van der Waals surface area contributed by atoms with Crippen molar-refractivity contribution in [1.82, 2.24) is 5.32 Å². The molecule has 6 nitrogen and oxygen atoms in total. The molecule has 0 aliphatic heterocycles. The van der Waals surface area contributed by atoms with E-state index < -0.39 is 17.9 Å². The van der Waals surface area contributed by atoms with Gasteiger partial charge in [0.15, 0.2) is 0 Å². The molecule has 0 spiro atoms. The van der Waals surface area contributed by atoms with E-state index in [1.807, 2.05) is 6.92 Å². The highest BCUT2D eigenvalue weighted by Crippen LogP contribution is 2.30. The third-order valence-corrected chi connectivity index (χ3v) is 3.81. The molecule has 23 heavy (non-hydrogen) atoms. The van der Waals surface area contributed by atoms with Crippen molar-refractivity contribution >= 4 is 23.5 Å². The Morgan fingerprint density at radius 2 is 1.87 bits per heavy atom. The number of hydrogen-bond donors (Lipinski definition) is 3. The van der Waals surface area contributed by atoms with E-state index in [0.29, 0.717) is 17.7 Å². The predicted molar refractivity (Wildman–Crippen MR) is 86.2 cm³/mol. The average Bonchev–Trinajstić information content (AvgIpc) is 3.36. The summed E-state index contributed by atoms with van der Waals surface area (Å²) < 4.78 is 0. The van der Waals surface area contributed by atoms with Crippen molar-refractivity contribution in [3.05, 3.63) is 29.8 Å². The second-order valence-electron chi connectivity index (χ2n) is 5.85. The van der Waals surface area contributed by atoms with Gasteiger partial charge in [0.2, 0.25) is 5.91 Å². The van der Waals surface area contributed by atoms with Crippen LogP contribution in [0.5, 0.6) is 0 Å². The van der Waals surface area contributed by atoms with Gasteiger partial charge in [0.1, 0.15) is 6.04 Å². The summed E-state index contributed by atoms with van der Waals surface area (Å²) in [4.78, 5) is 34.9. The van der Waals surface area contributed by atoms with Crippen LogP contribution in [0.3, 0.4) is 0 Å². The topological polar surface area (TPSA) is 95.5 Å². The molecule has 2 amide bonds. The number of aliphatic carboxylic acids is 1. The molecule has 3 N–H and O–H groups in total. The first-order valence-electron chi connectivity index (χ1n) is 7.96. The van der Waals surface area contributed by atoms with E-state index in [2.05, 4.69) is 10.6 Å². The normalized spacial score (nSPS) is 14.8.